The summed E-state index contributed by atoms with van der Waals surface area (Å²) in [7, 11) is 0. The Kier molecular flexibility index (Phi) is 4.73. The van der Waals surface area contributed by atoms with Gasteiger partial charge >= 0.3 is 0 Å². The average molecular weight is 429 g/mol. The van der Waals surface area contributed by atoms with Crippen LogP contribution in [0.4, 0.5) is 4.39 Å². The third-order valence-electron chi connectivity index (χ3n) is 6.13. The zero-order valence-corrected chi connectivity index (χ0v) is 17.9. The van der Waals surface area contributed by atoms with E-state index in [9.17, 15) is 4.39 Å². The molecule has 0 spiro atoms. The van der Waals surface area contributed by atoms with Crippen molar-refractivity contribution in [2.45, 2.75) is 6.54 Å². The van der Waals surface area contributed by atoms with Crippen LogP contribution in [0.1, 0.15) is 5.56 Å². The fourth-order valence-electron chi connectivity index (χ4n) is 4.55. The molecular weight excluding hydrogens is 407 g/mol. The number of rotatable bonds is 4. The van der Waals surface area contributed by atoms with Gasteiger partial charge in [-0.2, -0.15) is 0 Å². The Morgan fingerprint density at radius 2 is 1.30 bits per heavy atom. The summed E-state index contributed by atoms with van der Waals surface area (Å²) in [5.74, 6) is -0.249. The largest absolute Gasteiger partial charge is 0.335 e. The van der Waals surface area contributed by atoms with Gasteiger partial charge in [-0.3, -0.25) is 0 Å². The van der Waals surface area contributed by atoms with Gasteiger partial charge in [-0.1, -0.05) is 78.9 Å². The van der Waals surface area contributed by atoms with Crippen LogP contribution in [0, 0.1) is 5.82 Å². The van der Waals surface area contributed by atoms with Gasteiger partial charge in [-0.15, -0.1) is 0 Å². The van der Waals surface area contributed by atoms with Crippen LogP contribution in [-0.4, -0.2) is 9.55 Å². The highest BCUT2D eigenvalue weighted by molar-refractivity contribution is 6.08. The quantitative estimate of drug-likeness (QED) is 0.281. The molecule has 0 saturated heterocycles. The summed E-state index contributed by atoms with van der Waals surface area (Å²) in [6, 6.07) is 38.0. The first kappa shape index (κ1) is 19.4. The van der Waals surface area contributed by atoms with E-state index in [0.717, 1.165) is 50.9 Å². The summed E-state index contributed by atoms with van der Waals surface area (Å²) < 4.78 is 16.0. The number of pyridine rings is 1. The predicted octanol–water partition coefficient (Wildman–Crippen LogP) is 7.71. The number of hydrogen-bond acceptors (Lipinski definition) is 1. The Morgan fingerprint density at radius 1 is 0.636 bits per heavy atom. The molecule has 2 nitrogen and oxygen atoms in total. The lowest BCUT2D eigenvalue weighted by atomic mass is 9.98. The van der Waals surface area contributed by atoms with Crippen molar-refractivity contribution in [3.05, 3.63) is 127 Å². The van der Waals surface area contributed by atoms with E-state index >= 15 is 0 Å². The first-order valence-corrected chi connectivity index (χ1v) is 11.1. The lowest BCUT2D eigenvalue weighted by Gasteiger charge is -2.12. The van der Waals surface area contributed by atoms with Crippen LogP contribution in [0.25, 0.3) is 44.3 Å². The van der Waals surface area contributed by atoms with Gasteiger partial charge in [0, 0.05) is 23.1 Å². The second-order valence-corrected chi connectivity index (χ2v) is 8.21. The molecule has 0 fully saturated rings. The van der Waals surface area contributed by atoms with E-state index < -0.39 is 0 Å². The molecule has 0 atom stereocenters. The van der Waals surface area contributed by atoms with Crippen LogP contribution in [0.15, 0.2) is 115 Å². The maximum Gasteiger partial charge on any atom is 0.123 e. The molecule has 0 saturated carbocycles. The minimum atomic E-state index is -0.249. The fourth-order valence-corrected chi connectivity index (χ4v) is 4.55. The number of halogens is 1. The minimum Gasteiger partial charge on any atom is -0.335 e. The van der Waals surface area contributed by atoms with Gasteiger partial charge in [-0.25, -0.2) is 9.37 Å². The molecule has 4 aromatic carbocycles. The van der Waals surface area contributed by atoms with Crippen molar-refractivity contribution in [1.82, 2.24) is 9.55 Å². The van der Waals surface area contributed by atoms with Crippen molar-refractivity contribution in [1.29, 1.82) is 0 Å². The number of aromatic nitrogens is 2. The topological polar surface area (TPSA) is 17.8 Å². The molecule has 6 rings (SSSR count). The van der Waals surface area contributed by atoms with Crippen molar-refractivity contribution in [2.75, 3.05) is 0 Å². The number of benzene rings is 4. The minimum absolute atomic E-state index is 0.249. The van der Waals surface area contributed by atoms with Crippen molar-refractivity contribution < 1.29 is 4.39 Å². The molecule has 33 heavy (non-hydrogen) atoms. The second kappa shape index (κ2) is 8.03. The molecular formula is C30H21FN2. The fraction of sp³-hybridized carbons (Fsp3) is 0.0333. The highest BCUT2D eigenvalue weighted by atomic mass is 19.1. The van der Waals surface area contributed by atoms with Crippen LogP contribution in [-0.2, 0) is 6.54 Å². The molecule has 6 aromatic rings. The number of fused-ring (bicyclic) bond motifs is 3. The zero-order chi connectivity index (χ0) is 22.2. The third kappa shape index (κ3) is 3.48. The van der Waals surface area contributed by atoms with Gasteiger partial charge in [0.2, 0.25) is 0 Å². The molecule has 0 aliphatic heterocycles. The van der Waals surface area contributed by atoms with E-state index in [2.05, 4.69) is 71.3 Å². The van der Waals surface area contributed by atoms with Crippen LogP contribution < -0.4 is 0 Å². The summed E-state index contributed by atoms with van der Waals surface area (Å²) >= 11 is 0. The molecule has 0 N–H and O–H groups in total. The molecule has 0 bridgehead atoms. The van der Waals surface area contributed by atoms with Gasteiger partial charge in [0.25, 0.3) is 0 Å². The molecule has 0 unspecified atom stereocenters. The van der Waals surface area contributed by atoms with Gasteiger partial charge in [0.15, 0.2) is 0 Å². The highest BCUT2D eigenvalue weighted by Gasteiger charge is 2.18. The van der Waals surface area contributed by atoms with E-state index in [4.69, 9.17) is 4.98 Å². The summed E-state index contributed by atoms with van der Waals surface area (Å²) in [5, 5.41) is 1.12. The third-order valence-corrected chi connectivity index (χ3v) is 6.13. The maximum absolute atomic E-state index is 13.7. The number of nitrogens with zero attached hydrogens (tertiary/aromatic N) is 2. The Labute approximate surface area is 191 Å². The Morgan fingerprint density at radius 3 is 2.06 bits per heavy atom. The average Bonchev–Trinajstić information content (AvgIpc) is 3.18. The monoisotopic (exact) mass is 428 g/mol. The molecule has 158 valence electrons. The lowest BCUT2D eigenvalue weighted by molar-refractivity contribution is 0.628. The zero-order valence-electron chi connectivity index (χ0n) is 17.9. The van der Waals surface area contributed by atoms with E-state index in [1.54, 1.807) is 12.1 Å². The summed E-state index contributed by atoms with van der Waals surface area (Å²) in [5.41, 5.74) is 8.32. The Balaban J connectivity index is 1.68. The number of hydrogen-bond donors (Lipinski definition) is 0. The molecule has 2 heterocycles. The van der Waals surface area contributed by atoms with Gasteiger partial charge in [0.05, 0.1) is 22.2 Å². The summed E-state index contributed by atoms with van der Waals surface area (Å²) in [6.07, 6.45) is 0. The van der Waals surface area contributed by atoms with Crippen molar-refractivity contribution >= 4 is 21.9 Å². The Bertz CT molecular complexity index is 1570. The Hall–Kier alpha value is -4.24. The summed E-state index contributed by atoms with van der Waals surface area (Å²) in [6.45, 7) is 0.761. The van der Waals surface area contributed by atoms with Crippen molar-refractivity contribution in [3.63, 3.8) is 0 Å². The number of para-hydroxylation sites is 1. The highest BCUT2D eigenvalue weighted by Crippen LogP contribution is 2.37. The SMILES string of the molecule is Fc1ccc(-c2nc3c4ccccc4n(Cc4ccccc4)c3cc2-c2ccccc2)cc1. The predicted molar refractivity (Wildman–Crippen MR) is 134 cm³/mol. The lowest BCUT2D eigenvalue weighted by Crippen LogP contribution is -2.00. The summed E-state index contributed by atoms with van der Waals surface area (Å²) in [4.78, 5) is 5.20. The smallest absolute Gasteiger partial charge is 0.123 e. The van der Waals surface area contributed by atoms with E-state index in [-0.39, 0.29) is 5.82 Å². The first-order valence-electron chi connectivity index (χ1n) is 11.1. The van der Waals surface area contributed by atoms with Crippen LogP contribution >= 0.6 is 0 Å². The van der Waals surface area contributed by atoms with Crippen molar-refractivity contribution in [2.24, 2.45) is 0 Å². The maximum atomic E-state index is 13.7. The van der Waals surface area contributed by atoms with Crippen LogP contribution in [0.3, 0.4) is 0 Å². The standard InChI is InChI=1S/C30H21FN2/c31-24-17-15-23(16-18-24)29-26(22-11-5-2-6-12-22)19-28-30(32-29)25-13-7-8-14-27(25)33(28)20-21-9-3-1-4-10-21/h1-19H,20H2. The second-order valence-electron chi connectivity index (χ2n) is 8.21. The van der Waals surface area contributed by atoms with Gasteiger partial charge in [-0.05, 0) is 47.5 Å². The van der Waals surface area contributed by atoms with E-state index in [1.807, 2.05) is 24.3 Å². The van der Waals surface area contributed by atoms with Gasteiger partial charge < -0.3 is 4.57 Å². The molecule has 0 aliphatic rings. The van der Waals surface area contributed by atoms with E-state index in [0.29, 0.717) is 0 Å². The van der Waals surface area contributed by atoms with Crippen LogP contribution in [0.5, 0.6) is 0 Å². The molecule has 3 heteroatoms. The molecule has 0 radical (unpaired) electrons. The molecule has 2 aromatic heterocycles. The molecule has 0 amide bonds. The van der Waals surface area contributed by atoms with Crippen LogP contribution in [0.2, 0.25) is 0 Å². The normalized spacial score (nSPS) is 11.3. The van der Waals surface area contributed by atoms with E-state index in [1.165, 1.54) is 17.7 Å². The van der Waals surface area contributed by atoms with Gasteiger partial charge in [0.1, 0.15) is 5.82 Å². The molecule has 0 aliphatic carbocycles. The van der Waals surface area contributed by atoms with Crippen molar-refractivity contribution in [3.8, 4) is 22.4 Å². The first-order chi connectivity index (χ1) is 16.3.